The van der Waals surface area contributed by atoms with Crippen LogP contribution in [-0.2, 0) is 0 Å². The molecule has 1 N–H and O–H groups in total. The van der Waals surface area contributed by atoms with Crippen LogP contribution in [0.1, 0.15) is 23.7 Å². The molecule has 0 aliphatic heterocycles. The van der Waals surface area contributed by atoms with Gasteiger partial charge in [-0.25, -0.2) is 0 Å². The van der Waals surface area contributed by atoms with Crippen molar-refractivity contribution in [3.8, 4) is 0 Å². The Morgan fingerprint density at radius 3 is 2.64 bits per heavy atom. The molecule has 0 amide bonds. The van der Waals surface area contributed by atoms with Gasteiger partial charge in [0.25, 0.3) is 0 Å². The van der Waals surface area contributed by atoms with E-state index in [4.69, 9.17) is 5.11 Å². The minimum atomic E-state index is -0.309. The fourth-order valence-corrected chi connectivity index (χ4v) is 1.92. The Kier molecular flexibility index (Phi) is 2.16. The number of Topliss-reactive ketones (excluding diaryl/α,β-unsaturated/α-hetero) is 1. The van der Waals surface area contributed by atoms with Gasteiger partial charge in [0, 0.05) is 17.6 Å². The van der Waals surface area contributed by atoms with Crippen LogP contribution in [0.15, 0.2) is 30.3 Å². The molecule has 2 nitrogen and oxygen atoms in total. The number of aliphatic hydroxyl groups is 1. The molecule has 0 spiro atoms. The minimum absolute atomic E-state index is 0.120. The van der Waals surface area contributed by atoms with E-state index in [0.29, 0.717) is 0 Å². The second-order valence-electron chi connectivity index (χ2n) is 4.20. The van der Waals surface area contributed by atoms with Crippen LogP contribution in [0.5, 0.6) is 0 Å². The molecule has 2 heteroatoms. The first-order chi connectivity index (χ1) is 6.68. The van der Waals surface area contributed by atoms with Gasteiger partial charge in [-0.3, -0.25) is 4.79 Å². The molecular formula is C12H14O2. The maximum Gasteiger partial charge on any atom is 0.169 e. The van der Waals surface area contributed by atoms with Crippen LogP contribution in [0.4, 0.5) is 0 Å². The molecule has 74 valence electrons. The number of hydrogen-bond acceptors (Lipinski definition) is 2. The van der Waals surface area contributed by atoms with Gasteiger partial charge in [-0.05, 0) is 12.3 Å². The highest BCUT2D eigenvalue weighted by atomic mass is 16.3. The van der Waals surface area contributed by atoms with Crippen LogP contribution in [0.2, 0.25) is 0 Å². The molecule has 1 aromatic carbocycles. The van der Waals surface area contributed by atoms with Crippen molar-refractivity contribution >= 4 is 5.78 Å². The van der Waals surface area contributed by atoms with E-state index in [-0.39, 0.29) is 23.7 Å². The first-order valence-electron chi connectivity index (χ1n) is 4.89. The lowest BCUT2D eigenvalue weighted by atomic mass is 9.94. The first kappa shape index (κ1) is 9.41. The Hall–Kier alpha value is -1.15. The molecule has 14 heavy (non-hydrogen) atoms. The fourth-order valence-electron chi connectivity index (χ4n) is 1.92. The molecule has 0 radical (unpaired) electrons. The van der Waals surface area contributed by atoms with E-state index in [1.165, 1.54) is 0 Å². The highest BCUT2D eigenvalue weighted by Gasteiger charge is 2.55. The summed E-state index contributed by atoms with van der Waals surface area (Å²) in [6.45, 7) is 2.05. The van der Waals surface area contributed by atoms with Gasteiger partial charge in [-0.2, -0.15) is 0 Å². The zero-order chi connectivity index (χ0) is 10.2. The molecule has 1 aromatic rings. The molecule has 2 atom stereocenters. The lowest BCUT2D eigenvalue weighted by Gasteiger charge is -2.08. The summed E-state index contributed by atoms with van der Waals surface area (Å²) >= 11 is 0. The van der Waals surface area contributed by atoms with Crippen LogP contribution < -0.4 is 0 Å². The number of carbonyl (C=O) groups excluding carboxylic acids is 1. The molecule has 0 aromatic heterocycles. The molecular weight excluding hydrogens is 176 g/mol. The standard InChI is InChI=1S/C12H14O2/c1-12(7-10(12)8-13)11(14)9-5-3-2-4-6-9/h2-6,10,13H,7-8H2,1H3. The van der Waals surface area contributed by atoms with Gasteiger partial charge in [-0.1, -0.05) is 37.3 Å². The van der Waals surface area contributed by atoms with E-state index in [9.17, 15) is 4.79 Å². The van der Waals surface area contributed by atoms with Gasteiger partial charge in [0.05, 0.1) is 0 Å². The van der Waals surface area contributed by atoms with E-state index < -0.39 is 0 Å². The predicted molar refractivity (Wildman–Crippen MR) is 54.1 cm³/mol. The smallest absolute Gasteiger partial charge is 0.169 e. The number of hydrogen-bond donors (Lipinski definition) is 1. The van der Waals surface area contributed by atoms with E-state index >= 15 is 0 Å². The first-order valence-corrected chi connectivity index (χ1v) is 4.89. The molecule has 0 heterocycles. The molecule has 0 bridgehead atoms. The van der Waals surface area contributed by atoms with Crippen molar-refractivity contribution in [2.75, 3.05) is 6.61 Å². The summed E-state index contributed by atoms with van der Waals surface area (Å²) in [5.74, 6) is 0.326. The third kappa shape index (κ3) is 1.36. The second kappa shape index (κ2) is 3.21. The fraction of sp³-hybridized carbons (Fsp3) is 0.417. The third-order valence-corrected chi connectivity index (χ3v) is 3.19. The Balaban J connectivity index is 2.19. The summed E-state index contributed by atoms with van der Waals surface area (Å²) in [5, 5.41) is 8.99. The van der Waals surface area contributed by atoms with Gasteiger partial charge in [0.1, 0.15) is 0 Å². The zero-order valence-corrected chi connectivity index (χ0v) is 8.23. The molecule has 1 aliphatic carbocycles. The predicted octanol–water partition coefficient (Wildman–Crippen LogP) is 1.89. The maximum atomic E-state index is 12.0. The van der Waals surface area contributed by atoms with Crippen LogP contribution in [0.25, 0.3) is 0 Å². The van der Waals surface area contributed by atoms with Gasteiger partial charge < -0.3 is 5.11 Å². The van der Waals surface area contributed by atoms with E-state index in [2.05, 4.69) is 0 Å². The topological polar surface area (TPSA) is 37.3 Å². The van der Waals surface area contributed by atoms with Gasteiger partial charge in [0.2, 0.25) is 0 Å². The monoisotopic (exact) mass is 190 g/mol. The van der Waals surface area contributed by atoms with Crippen LogP contribution in [0.3, 0.4) is 0 Å². The number of ketones is 1. The van der Waals surface area contributed by atoms with Crippen molar-refractivity contribution in [1.29, 1.82) is 0 Å². The van der Waals surface area contributed by atoms with Crippen LogP contribution >= 0.6 is 0 Å². The SMILES string of the molecule is CC1(C(=O)c2ccccc2)CC1CO. The Morgan fingerprint density at radius 1 is 1.50 bits per heavy atom. The van der Waals surface area contributed by atoms with E-state index in [1.807, 2.05) is 37.3 Å². The number of carbonyl (C=O) groups is 1. The lowest BCUT2D eigenvalue weighted by Crippen LogP contribution is -2.15. The summed E-state index contributed by atoms with van der Waals surface area (Å²) in [6, 6.07) is 9.30. The summed E-state index contributed by atoms with van der Waals surface area (Å²) in [6.07, 6.45) is 0.817. The zero-order valence-electron chi connectivity index (χ0n) is 8.23. The normalized spacial score (nSPS) is 30.0. The molecule has 1 saturated carbocycles. The highest BCUT2D eigenvalue weighted by molar-refractivity contribution is 6.02. The van der Waals surface area contributed by atoms with Crippen molar-refractivity contribution < 1.29 is 9.90 Å². The van der Waals surface area contributed by atoms with Crippen LogP contribution in [0, 0.1) is 11.3 Å². The summed E-state index contributed by atoms with van der Waals surface area (Å²) < 4.78 is 0. The van der Waals surface area contributed by atoms with E-state index in [0.717, 1.165) is 12.0 Å². The van der Waals surface area contributed by atoms with Crippen molar-refractivity contribution in [2.45, 2.75) is 13.3 Å². The van der Waals surface area contributed by atoms with Gasteiger partial charge >= 0.3 is 0 Å². The quantitative estimate of drug-likeness (QED) is 0.739. The number of rotatable bonds is 3. The van der Waals surface area contributed by atoms with Crippen molar-refractivity contribution in [1.82, 2.24) is 0 Å². The summed E-state index contributed by atoms with van der Waals surface area (Å²) in [7, 11) is 0. The average Bonchev–Trinajstić information content (AvgIpc) is 2.91. The second-order valence-corrected chi connectivity index (χ2v) is 4.20. The highest BCUT2D eigenvalue weighted by Crippen LogP contribution is 2.53. The molecule has 0 saturated heterocycles. The van der Waals surface area contributed by atoms with E-state index in [1.54, 1.807) is 0 Å². The van der Waals surface area contributed by atoms with Gasteiger partial charge in [0.15, 0.2) is 5.78 Å². The molecule has 1 aliphatic rings. The number of aliphatic hydroxyl groups excluding tert-OH is 1. The van der Waals surface area contributed by atoms with Crippen molar-refractivity contribution in [3.63, 3.8) is 0 Å². The summed E-state index contributed by atoms with van der Waals surface area (Å²) in [5.41, 5.74) is 0.446. The Morgan fingerprint density at radius 2 is 2.14 bits per heavy atom. The van der Waals surface area contributed by atoms with Gasteiger partial charge in [-0.15, -0.1) is 0 Å². The van der Waals surface area contributed by atoms with Crippen molar-refractivity contribution in [2.24, 2.45) is 11.3 Å². The maximum absolute atomic E-state index is 12.0. The third-order valence-electron chi connectivity index (χ3n) is 3.19. The Bertz CT molecular complexity index is 345. The molecule has 2 rings (SSSR count). The average molecular weight is 190 g/mol. The molecule has 1 fully saturated rings. The minimum Gasteiger partial charge on any atom is -0.396 e. The largest absolute Gasteiger partial charge is 0.396 e. The Labute approximate surface area is 83.6 Å². The number of benzene rings is 1. The summed E-state index contributed by atoms with van der Waals surface area (Å²) in [4.78, 5) is 12.0. The lowest BCUT2D eigenvalue weighted by molar-refractivity contribution is 0.0887. The molecule has 2 unspecified atom stereocenters. The van der Waals surface area contributed by atoms with Crippen LogP contribution in [-0.4, -0.2) is 17.5 Å². The van der Waals surface area contributed by atoms with Crippen molar-refractivity contribution in [3.05, 3.63) is 35.9 Å².